The Kier molecular flexibility index (Phi) is 4.19. The average molecular weight is 405 g/mol. The maximum absolute atomic E-state index is 6.24. The number of nitrogens with one attached hydrogen (secondary N) is 2. The van der Waals surface area contributed by atoms with Crippen LogP contribution in [0.5, 0.6) is 0 Å². The molecule has 3 aromatic rings. The zero-order valence-electron chi connectivity index (χ0n) is 10.3. The van der Waals surface area contributed by atoms with Crippen molar-refractivity contribution < 1.29 is 0 Å². The third-order valence-corrected chi connectivity index (χ3v) is 5.32. The molecule has 2 aromatic heterocycles. The first-order valence-electron chi connectivity index (χ1n) is 5.72. The molecule has 0 saturated heterocycles. The maximum atomic E-state index is 6.24. The lowest BCUT2D eigenvalue weighted by Crippen LogP contribution is -2.11. The highest BCUT2D eigenvalue weighted by Crippen LogP contribution is 2.38. The summed E-state index contributed by atoms with van der Waals surface area (Å²) >= 11 is 17.2. The Morgan fingerprint density at radius 3 is 2.71 bits per heavy atom. The average Bonchev–Trinajstić information content (AvgIpc) is 2.96. The number of aromatic nitrogens is 2. The number of rotatable bonds is 3. The molecule has 2 heterocycles. The van der Waals surface area contributed by atoms with Crippen LogP contribution in [0.2, 0.25) is 10.0 Å². The summed E-state index contributed by atoms with van der Waals surface area (Å²) in [6, 6.07) is 5.55. The summed E-state index contributed by atoms with van der Waals surface area (Å²) in [6.45, 7) is 0. The van der Waals surface area contributed by atoms with E-state index in [1.54, 1.807) is 0 Å². The van der Waals surface area contributed by atoms with Crippen molar-refractivity contribution in [1.82, 2.24) is 9.97 Å². The van der Waals surface area contributed by atoms with Gasteiger partial charge in [0.2, 0.25) is 5.95 Å². The van der Waals surface area contributed by atoms with Crippen LogP contribution in [0, 0.1) is 0 Å². The highest BCUT2D eigenvalue weighted by atomic mass is 79.9. The number of halogens is 3. The monoisotopic (exact) mass is 403 g/mol. The van der Waals surface area contributed by atoms with Crippen LogP contribution in [-0.2, 0) is 0 Å². The van der Waals surface area contributed by atoms with Gasteiger partial charge in [-0.3, -0.25) is 5.43 Å². The van der Waals surface area contributed by atoms with Gasteiger partial charge in [-0.25, -0.2) is 10.8 Å². The molecule has 0 saturated carbocycles. The zero-order chi connectivity index (χ0) is 15.0. The number of anilines is 3. The SMILES string of the molecule is NNc1nc(Nc2ccc(Br)c(Cl)c2Cl)c2ccsc2n1. The molecule has 3 rings (SSSR count). The minimum Gasteiger partial charge on any atom is -0.338 e. The van der Waals surface area contributed by atoms with E-state index in [4.69, 9.17) is 29.0 Å². The molecule has 0 bridgehead atoms. The molecular weight excluding hydrogens is 397 g/mol. The van der Waals surface area contributed by atoms with Gasteiger partial charge in [0, 0.05) is 4.47 Å². The van der Waals surface area contributed by atoms with Crippen molar-refractivity contribution in [2.75, 3.05) is 10.7 Å². The molecule has 5 nitrogen and oxygen atoms in total. The van der Waals surface area contributed by atoms with Crippen LogP contribution in [0.3, 0.4) is 0 Å². The Labute approximate surface area is 142 Å². The molecule has 0 aliphatic rings. The minimum atomic E-state index is 0.326. The van der Waals surface area contributed by atoms with E-state index in [0.29, 0.717) is 27.5 Å². The molecule has 0 aliphatic carbocycles. The fourth-order valence-corrected chi connectivity index (χ4v) is 3.35. The minimum absolute atomic E-state index is 0.326. The first kappa shape index (κ1) is 14.8. The second kappa shape index (κ2) is 5.94. The molecule has 0 amide bonds. The molecule has 0 radical (unpaired) electrons. The van der Waals surface area contributed by atoms with Crippen LogP contribution in [-0.4, -0.2) is 9.97 Å². The van der Waals surface area contributed by atoms with E-state index >= 15 is 0 Å². The summed E-state index contributed by atoms with van der Waals surface area (Å²) in [5.41, 5.74) is 3.10. The van der Waals surface area contributed by atoms with Gasteiger partial charge in [0.1, 0.15) is 10.6 Å². The van der Waals surface area contributed by atoms with Crippen molar-refractivity contribution in [3.8, 4) is 0 Å². The van der Waals surface area contributed by atoms with Crippen molar-refractivity contribution in [3.05, 3.63) is 38.1 Å². The Balaban J connectivity index is 2.09. The molecule has 0 atom stereocenters. The number of nitrogens with two attached hydrogens (primary N) is 1. The third-order valence-electron chi connectivity index (χ3n) is 2.74. The lowest BCUT2D eigenvalue weighted by Gasteiger charge is -2.11. The van der Waals surface area contributed by atoms with E-state index in [0.717, 1.165) is 14.7 Å². The first-order chi connectivity index (χ1) is 10.1. The van der Waals surface area contributed by atoms with Crippen LogP contribution in [0.25, 0.3) is 10.2 Å². The van der Waals surface area contributed by atoms with E-state index in [9.17, 15) is 0 Å². The third kappa shape index (κ3) is 2.79. The van der Waals surface area contributed by atoms with Crippen molar-refractivity contribution in [3.63, 3.8) is 0 Å². The van der Waals surface area contributed by atoms with Gasteiger partial charge in [-0.2, -0.15) is 4.98 Å². The summed E-state index contributed by atoms with van der Waals surface area (Å²) in [5, 5.41) is 6.83. The number of hydrazine groups is 1. The topological polar surface area (TPSA) is 75.9 Å². The summed E-state index contributed by atoms with van der Waals surface area (Å²) in [7, 11) is 0. The molecule has 0 unspecified atom stereocenters. The van der Waals surface area contributed by atoms with Crippen LogP contribution in [0.4, 0.5) is 17.5 Å². The molecule has 0 spiro atoms. The Bertz CT molecular complexity index is 823. The molecule has 0 fully saturated rings. The van der Waals surface area contributed by atoms with Gasteiger partial charge in [-0.1, -0.05) is 23.2 Å². The highest BCUT2D eigenvalue weighted by molar-refractivity contribution is 9.10. The molecule has 0 aliphatic heterocycles. The maximum Gasteiger partial charge on any atom is 0.240 e. The smallest absolute Gasteiger partial charge is 0.240 e. The van der Waals surface area contributed by atoms with E-state index in [1.807, 2.05) is 23.6 Å². The van der Waals surface area contributed by atoms with Crippen LogP contribution < -0.4 is 16.6 Å². The molecule has 9 heteroatoms. The molecule has 4 N–H and O–H groups in total. The standard InChI is InChI=1S/C12H8BrCl2N5S/c13-6-1-2-7(9(15)8(6)14)17-10-5-3-4-21-11(5)19-12(18-10)20-16/h1-4H,16H2,(H2,17,18,19,20). The van der Waals surface area contributed by atoms with Crippen LogP contribution in [0.1, 0.15) is 0 Å². The summed E-state index contributed by atoms with van der Waals surface area (Å²) in [6.07, 6.45) is 0. The predicted octanol–water partition coefficient (Wildman–Crippen LogP) is 4.79. The van der Waals surface area contributed by atoms with E-state index in [2.05, 4.69) is 36.6 Å². The zero-order valence-corrected chi connectivity index (χ0v) is 14.2. The molecular formula is C12H8BrCl2N5S. The largest absolute Gasteiger partial charge is 0.338 e. The fraction of sp³-hybridized carbons (Fsp3) is 0. The number of thiophene rings is 1. The Hall–Kier alpha value is -1.12. The van der Waals surface area contributed by atoms with Crippen molar-refractivity contribution in [1.29, 1.82) is 0 Å². The van der Waals surface area contributed by atoms with Crippen LogP contribution >= 0.6 is 50.5 Å². The summed E-state index contributed by atoms with van der Waals surface area (Å²) in [5.74, 6) is 6.33. The summed E-state index contributed by atoms with van der Waals surface area (Å²) in [4.78, 5) is 9.41. The van der Waals surface area contributed by atoms with E-state index in [1.165, 1.54) is 11.3 Å². The molecule has 108 valence electrons. The first-order valence-corrected chi connectivity index (χ1v) is 8.15. The number of fused-ring (bicyclic) bond motifs is 1. The van der Waals surface area contributed by atoms with E-state index < -0.39 is 0 Å². The number of hydrogen-bond donors (Lipinski definition) is 3. The Morgan fingerprint density at radius 2 is 1.95 bits per heavy atom. The fourth-order valence-electron chi connectivity index (χ4n) is 1.77. The van der Waals surface area contributed by atoms with Gasteiger partial charge in [0.25, 0.3) is 0 Å². The van der Waals surface area contributed by atoms with Gasteiger partial charge in [-0.05, 0) is 39.5 Å². The predicted molar refractivity (Wildman–Crippen MR) is 92.7 cm³/mol. The highest BCUT2D eigenvalue weighted by Gasteiger charge is 2.13. The number of hydrogen-bond acceptors (Lipinski definition) is 6. The van der Waals surface area contributed by atoms with Gasteiger partial charge in [-0.15, -0.1) is 11.3 Å². The second-order valence-corrected chi connectivity index (χ2v) is 6.53. The van der Waals surface area contributed by atoms with Crippen LogP contribution in [0.15, 0.2) is 28.1 Å². The number of nitrogen functional groups attached to an aromatic ring is 1. The number of benzene rings is 1. The molecule has 21 heavy (non-hydrogen) atoms. The summed E-state index contributed by atoms with van der Waals surface area (Å²) < 4.78 is 0.729. The normalized spacial score (nSPS) is 10.9. The van der Waals surface area contributed by atoms with Gasteiger partial charge in [0.05, 0.1) is 21.1 Å². The lowest BCUT2D eigenvalue weighted by atomic mass is 10.3. The van der Waals surface area contributed by atoms with E-state index in [-0.39, 0.29) is 0 Å². The van der Waals surface area contributed by atoms with Gasteiger partial charge < -0.3 is 5.32 Å². The second-order valence-electron chi connectivity index (χ2n) is 4.03. The van der Waals surface area contributed by atoms with Crippen molar-refractivity contribution >= 4 is 78.1 Å². The Morgan fingerprint density at radius 1 is 1.14 bits per heavy atom. The van der Waals surface area contributed by atoms with Crippen molar-refractivity contribution in [2.24, 2.45) is 5.84 Å². The number of nitrogens with zero attached hydrogens (tertiary/aromatic N) is 2. The van der Waals surface area contributed by atoms with Crippen molar-refractivity contribution in [2.45, 2.75) is 0 Å². The molecule has 1 aromatic carbocycles. The quantitative estimate of drug-likeness (QED) is 0.332. The lowest BCUT2D eigenvalue weighted by molar-refractivity contribution is 1.16. The van der Waals surface area contributed by atoms with Gasteiger partial charge in [0.15, 0.2) is 0 Å². The van der Waals surface area contributed by atoms with Gasteiger partial charge >= 0.3 is 0 Å².